The molecule has 131 heavy (non-hydrogen) atoms. The summed E-state index contributed by atoms with van der Waals surface area (Å²) in [7, 11) is 0. The third kappa shape index (κ3) is 60.0. The Morgan fingerprint density at radius 2 is 0.763 bits per heavy atom. The maximum Gasteiger partial charge on any atom is 0.411 e. The van der Waals surface area contributed by atoms with E-state index in [1.54, 1.807) is 59.6 Å². The van der Waals surface area contributed by atoms with Gasteiger partial charge < -0.3 is 107 Å². The molecule has 10 heterocycles. The summed E-state index contributed by atoms with van der Waals surface area (Å²) in [5.74, 6) is 1.06. The largest absolute Gasteiger partial charge is 1.00 e. The Balaban J connectivity index is -0.000000138. The number of imidazole rings is 3. The smallest absolute Gasteiger partial charge is 0.411 e. The Labute approximate surface area is 813 Å². The molecule has 7 atom stereocenters. The number of rotatable bonds is 10. The number of aryl methyl sites for hydroxylation is 3. The number of nitriles is 1. The number of aromatic amines is 3. The van der Waals surface area contributed by atoms with Crippen molar-refractivity contribution in [2.75, 3.05) is 64.2 Å². The predicted molar refractivity (Wildman–Crippen MR) is 521 cm³/mol. The number of nitrogens with zero attached hydrogens (tertiary/aromatic N) is 10. The van der Waals surface area contributed by atoms with Crippen molar-refractivity contribution in [3.63, 3.8) is 0 Å². The van der Waals surface area contributed by atoms with Crippen molar-refractivity contribution in [3.8, 4) is 6.07 Å². The van der Waals surface area contributed by atoms with E-state index in [1.807, 2.05) is 100 Å². The van der Waals surface area contributed by atoms with E-state index < -0.39 is 64.2 Å². The number of amidine groups is 1. The highest BCUT2D eigenvalue weighted by Gasteiger charge is 2.40. The molecule has 7 aliphatic heterocycles. The highest BCUT2D eigenvalue weighted by molar-refractivity contribution is 9.09. The zero-order valence-electron chi connectivity index (χ0n) is 76.5. The number of halogens is 2. The van der Waals surface area contributed by atoms with Gasteiger partial charge in [-0.15, -0.1) is 0 Å². The molecule has 10 rings (SSSR count). The molecule has 7 amide bonds. The molecule has 0 radical (unpaired) electrons. The number of carboxylic acids is 2. The molecule has 37 nitrogen and oxygen atoms in total. The first-order valence-corrected chi connectivity index (χ1v) is 41.8. The number of hydrogen-bond donors (Lipinski definition) is 10. The Hall–Kier alpha value is -9.04. The van der Waals surface area contributed by atoms with E-state index in [0.29, 0.717) is 50.4 Å². The number of Topliss-reactive ketones (excluding diaryl/α,β-unsaturated/α-hetero) is 3. The normalized spacial score (nSPS) is 17.9. The lowest BCUT2D eigenvalue weighted by Crippen LogP contribution is -3.00. The van der Waals surface area contributed by atoms with Crippen molar-refractivity contribution in [2.45, 2.75) is 386 Å². The number of nitrogens with one attached hydrogen (secondary N) is 6. The van der Waals surface area contributed by atoms with E-state index in [0.717, 1.165) is 125 Å². The summed E-state index contributed by atoms with van der Waals surface area (Å²) in [4.78, 5) is 164. The molecule has 7 saturated heterocycles. The second kappa shape index (κ2) is 69.8. The van der Waals surface area contributed by atoms with E-state index in [1.165, 1.54) is 53.2 Å². The molecule has 0 aliphatic carbocycles. The standard InChI is InChI=1S/C13H21N3O2.C13H22N2O4.C10H19N3O2.C10H15N3O.C10H16N2O2.C10H17NO4.C8H13N3.C3H5BrO.C3H7NO.C2H4O2.9CH4.CH3.HI/c1-9-8-14-11(15-9)10-6-5-7-16(10)12(17)18-13(2,3)4;1-9(16)8-14-11(17)10-6-5-7-15(10)12(18)19-13(2,3)4;1-10(2,3)15-9(14)13-6-4-5-7(13)8(11)12;1-7-6-11-10(12-7)9-4-3-5-13(9)8(2)14;1-10(2,3)14-9(13)12-6-4-5-8(12)7-11;1-10(2,3)15-9(14)11-6-4-5-7(11)8(12)13;1-6-5-10-8(11-6)7-3-2-4-9-7;2*1-3(5)2-4;1-2(3)4;;;;;;;;;;;/h8,10H,5-7H2,1-4H3,(H,14,15);10H,5-8H2,1-4H3,(H,14,17);7H,4-6H2,1-3H3,(H3,11,12);6,9H,3-5H2,1-2H3,(H,11,12);8H,4-6H2,1-3H3;7H,4-6H2,1-3H3,(H,12,13);5,7,9H,2-4H2,1H3,(H,10,11);2H2,1H3;2,4H2,1H3;1H3,(H,3,4);9*1H4;1H3;1H/q;;;;;;;;;;;;;;;;;;;-1;/p-1/t2*10-;7-;9-;8-;2*7-;;;;;;;;;;;;;;/m0000000............../s1. The topological polar surface area (TPSA) is 521 Å². The first-order chi connectivity index (χ1) is 55.4. The highest BCUT2D eigenvalue weighted by atomic mass is 127. The minimum absolute atomic E-state index is 0. The molecule has 7 aliphatic rings. The number of hydrogen-bond acceptors (Lipinski definition) is 24. The van der Waals surface area contributed by atoms with E-state index in [4.69, 9.17) is 60.8 Å². The molecule has 12 N–H and O–H groups in total. The van der Waals surface area contributed by atoms with Gasteiger partial charge in [-0.2, -0.15) is 5.26 Å². The maximum absolute atomic E-state index is 12.1. The molecule has 7 fully saturated rings. The number of amides is 7. The first kappa shape index (κ1) is 145. The van der Waals surface area contributed by atoms with Crippen molar-refractivity contribution < 1.29 is 115 Å². The SMILES string of the molecule is C.C.C.C.C.C.C.C.C.CC(=O)CBr.CC(=O)CN.CC(=O)CNC(=O)[C@@H]1CCCN1C(=O)OC(C)(C)C.CC(=O)N1CCC[C@H]1c1ncc(C)[nH]1.CC(=O)O.CC(C)(C)OC(=O)N1CCC[C@H]1C#N.CC(C)(C)OC(=O)N1CCC[C@H]1C(=N)N.CC(C)(C)OC(=O)N1CCC[C@H]1C(=O)O.Cc1cnc([C@@H]2CCCN2)[nH]1.Cc1cnc([C@@H]2CCCN2C(=O)OC(C)(C)C)[nH]1.[CH3-].[I-]. The van der Waals surface area contributed by atoms with Gasteiger partial charge in [-0.3, -0.25) is 58.7 Å². The van der Waals surface area contributed by atoms with E-state index in [9.17, 15) is 52.7 Å². The molecule has 0 saturated carbocycles. The Morgan fingerprint density at radius 3 is 1.06 bits per heavy atom. The number of H-pyrrole nitrogens is 3. The quantitative estimate of drug-likeness (QED) is 0.0225. The molecule has 39 heteroatoms. The van der Waals surface area contributed by atoms with Gasteiger partial charge in [-0.25, -0.2) is 43.7 Å². The zero-order chi connectivity index (χ0) is 92.0. The number of carbonyl (C=O) groups excluding carboxylic acids is 10. The summed E-state index contributed by atoms with van der Waals surface area (Å²) in [6.07, 6.45) is 15.9. The summed E-state index contributed by atoms with van der Waals surface area (Å²) in [6.45, 7) is 45.4. The van der Waals surface area contributed by atoms with Gasteiger partial charge in [0.1, 0.15) is 86.8 Å². The molecule has 0 aromatic carbocycles. The lowest BCUT2D eigenvalue weighted by Gasteiger charge is -2.27. The molecule has 3 aromatic rings. The molecular weight excluding hydrogens is 1870 g/mol. The minimum Gasteiger partial charge on any atom is -1.00 e. The summed E-state index contributed by atoms with van der Waals surface area (Å²) >= 11 is 2.96. The average Bonchev–Trinajstić information content (AvgIpc) is 1.75. The van der Waals surface area contributed by atoms with E-state index in [-0.39, 0.29) is 189 Å². The van der Waals surface area contributed by atoms with E-state index in [2.05, 4.69) is 62.5 Å². The average molecular weight is 2050 g/mol. The number of alkyl halides is 1. The summed E-state index contributed by atoms with van der Waals surface area (Å²) < 4.78 is 26.2. The molecule has 766 valence electrons. The van der Waals surface area contributed by atoms with Gasteiger partial charge in [0.2, 0.25) is 11.8 Å². The van der Waals surface area contributed by atoms with Gasteiger partial charge in [0.15, 0.2) is 0 Å². The third-order valence-electron chi connectivity index (χ3n) is 17.3. The fourth-order valence-corrected chi connectivity index (χ4v) is 12.3. The van der Waals surface area contributed by atoms with Gasteiger partial charge in [-0.05, 0) is 242 Å². The summed E-state index contributed by atoms with van der Waals surface area (Å²) in [5, 5.41) is 38.9. The van der Waals surface area contributed by atoms with Crippen LogP contribution in [0.2, 0.25) is 0 Å². The number of carbonyl (C=O) groups is 12. The summed E-state index contributed by atoms with van der Waals surface area (Å²) in [5.41, 5.74) is 10.9. The predicted octanol–water partition coefficient (Wildman–Crippen LogP) is 14.9. The molecule has 0 unspecified atom stereocenters. The van der Waals surface area contributed by atoms with Crippen LogP contribution in [0.4, 0.5) is 24.0 Å². The van der Waals surface area contributed by atoms with Crippen LogP contribution in [-0.2, 0) is 57.2 Å². The van der Waals surface area contributed by atoms with Gasteiger partial charge in [0.25, 0.3) is 5.97 Å². The third-order valence-corrected chi connectivity index (χ3v) is 18.1. The Bertz CT molecular complexity index is 3760. The number of carboxylic acid groups (broad SMARTS) is 2. The highest BCUT2D eigenvalue weighted by Crippen LogP contribution is 2.33. The maximum atomic E-state index is 12.1. The van der Waals surface area contributed by atoms with Crippen molar-refractivity contribution in [3.05, 3.63) is 60.6 Å². The van der Waals surface area contributed by atoms with Crippen LogP contribution < -0.4 is 46.1 Å². The number of ketones is 3. The number of aromatic nitrogens is 6. The fourth-order valence-electron chi connectivity index (χ4n) is 12.3. The van der Waals surface area contributed by atoms with Gasteiger partial charge in [0, 0.05) is 88.8 Å². The molecule has 0 spiro atoms. The van der Waals surface area contributed by atoms with Gasteiger partial charge in [0.05, 0.1) is 48.7 Å². The number of aliphatic carboxylic acids is 2. The molecule has 0 bridgehead atoms. The van der Waals surface area contributed by atoms with Crippen LogP contribution in [0, 0.1) is 44.9 Å². The lowest BCUT2D eigenvalue weighted by atomic mass is 10.2. The zero-order valence-corrected chi connectivity index (χ0v) is 80.2. The van der Waals surface area contributed by atoms with Crippen LogP contribution >= 0.6 is 15.9 Å². The molecular formula is C92H178BrIN18O19-2. The number of likely N-dealkylation sites (tertiary alicyclic amines) is 6. The van der Waals surface area contributed by atoms with Gasteiger partial charge >= 0.3 is 36.4 Å². The number of nitrogens with two attached hydrogens (primary N) is 2. The van der Waals surface area contributed by atoms with Crippen LogP contribution in [0.15, 0.2) is 18.6 Å². The van der Waals surface area contributed by atoms with E-state index >= 15 is 0 Å². The minimum atomic E-state index is -0.960. The van der Waals surface area contributed by atoms with Crippen LogP contribution in [0.1, 0.15) is 348 Å². The first-order valence-electron chi connectivity index (χ1n) is 40.7. The van der Waals surface area contributed by atoms with Crippen LogP contribution in [0.3, 0.4) is 0 Å². The Morgan fingerprint density at radius 1 is 0.473 bits per heavy atom. The second-order valence-corrected chi connectivity index (χ2v) is 35.2. The van der Waals surface area contributed by atoms with Crippen LogP contribution in [0.5, 0.6) is 0 Å². The summed E-state index contributed by atoms with van der Waals surface area (Å²) in [6, 6.07) is 0.936. The van der Waals surface area contributed by atoms with Gasteiger partial charge in [-0.1, -0.05) is 82.8 Å². The lowest BCUT2D eigenvalue weighted by molar-refractivity contribution is -0.142. The second-order valence-electron chi connectivity index (χ2n) is 34.6. The Kier molecular flexibility index (Phi) is 77.2. The monoisotopic (exact) mass is 2050 g/mol. The van der Waals surface area contributed by atoms with Crippen LogP contribution in [0.25, 0.3) is 0 Å². The van der Waals surface area contributed by atoms with Crippen LogP contribution in [-0.4, -0.2) is 263 Å². The molecule has 3 aromatic heterocycles. The number of ether oxygens (including phenoxy) is 5. The van der Waals surface area contributed by atoms with Crippen molar-refractivity contribution in [1.29, 1.82) is 10.7 Å². The van der Waals surface area contributed by atoms with Crippen molar-refractivity contribution in [1.82, 2.24) is 69.9 Å². The van der Waals surface area contributed by atoms with Crippen molar-refractivity contribution >= 4 is 93.3 Å². The van der Waals surface area contributed by atoms with Crippen molar-refractivity contribution in [2.24, 2.45) is 11.5 Å². The fraction of sp³-hybridized carbons (Fsp3) is 0.739.